The zero-order valence-electron chi connectivity index (χ0n) is 12.4. The van der Waals surface area contributed by atoms with Crippen LogP contribution in [-0.4, -0.2) is 36.1 Å². The minimum atomic E-state index is 0.825. The Hall–Kier alpha value is -1.09. The van der Waals surface area contributed by atoms with Crippen LogP contribution in [0.25, 0.3) is 0 Å². The van der Waals surface area contributed by atoms with Crippen molar-refractivity contribution in [2.45, 2.75) is 51.5 Å². The van der Waals surface area contributed by atoms with Crippen molar-refractivity contribution < 1.29 is 0 Å². The summed E-state index contributed by atoms with van der Waals surface area (Å²) >= 11 is 0. The maximum Gasteiger partial charge on any atom is 0.126 e. The molecule has 2 rings (SSSR count). The molecule has 1 fully saturated rings. The molecule has 0 bridgehead atoms. The van der Waals surface area contributed by atoms with E-state index >= 15 is 0 Å². The van der Waals surface area contributed by atoms with Crippen molar-refractivity contribution in [3.8, 4) is 0 Å². The molecule has 0 amide bonds. The molecule has 1 heterocycles. The fraction of sp³-hybridized carbons (Fsp3) is 0.688. The molecule has 0 unspecified atom stereocenters. The lowest BCUT2D eigenvalue weighted by Crippen LogP contribution is -2.34. The van der Waals surface area contributed by atoms with E-state index in [-0.39, 0.29) is 0 Å². The predicted octanol–water partition coefficient (Wildman–Crippen LogP) is 3.46. The van der Waals surface area contributed by atoms with Crippen LogP contribution in [0.3, 0.4) is 0 Å². The molecule has 1 aliphatic rings. The molecule has 1 saturated carbocycles. The van der Waals surface area contributed by atoms with E-state index in [2.05, 4.69) is 35.2 Å². The fourth-order valence-corrected chi connectivity index (χ4v) is 2.88. The van der Waals surface area contributed by atoms with E-state index < -0.39 is 0 Å². The van der Waals surface area contributed by atoms with Gasteiger partial charge >= 0.3 is 0 Å². The van der Waals surface area contributed by atoms with Gasteiger partial charge in [-0.25, -0.2) is 4.98 Å². The molecule has 1 aromatic heterocycles. The van der Waals surface area contributed by atoms with Crippen LogP contribution < -0.4 is 5.32 Å². The number of hydrogen-bond acceptors (Lipinski definition) is 3. The van der Waals surface area contributed by atoms with Gasteiger partial charge in [0.15, 0.2) is 0 Å². The molecule has 1 N–H and O–H groups in total. The van der Waals surface area contributed by atoms with Gasteiger partial charge in [0.05, 0.1) is 0 Å². The molecule has 3 heteroatoms. The molecule has 106 valence electrons. The van der Waals surface area contributed by atoms with Gasteiger partial charge in [-0.2, -0.15) is 0 Å². The monoisotopic (exact) mass is 261 g/mol. The van der Waals surface area contributed by atoms with E-state index in [1.807, 2.05) is 12.3 Å². The smallest absolute Gasteiger partial charge is 0.126 e. The predicted molar refractivity (Wildman–Crippen MR) is 81.6 cm³/mol. The Balaban J connectivity index is 1.63. The minimum Gasteiger partial charge on any atom is -0.370 e. The number of pyridine rings is 1. The molecule has 0 radical (unpaired) electrons. The lowest BCUT2D eigenvalue weighted by molar-refractivity contribution is 0.191. The summed E-state index contributed by atoms with van der Waals surface area (Å²) < 4.78 is 0. The Bertz CT molecular complexity index is 372. The third kappa shape index (κ3) is 4.83. The lowest BCUT2D eigenvalue weighted by Gasteiger charge is -2.31. The summed E-state index contributed by atoms with van der Waals surface area (Å²) in [6.07, 6.45) is 10.1. The van der Waals surface area contributed by atoms with Gasteiger partial charge in [-0.05, 0) is 57.5 Å². The van der Waals surface area contributed by atoms with E-state index in [4.69, 9.17) is 0 Å². The van der Waals surface area contributed by atoms with Crippen molar-refractivity contribution in [1.29, 1.82) is 0 Å². The summed E-state index contributed by atoms with van der Waals surface area (Å²) in [6, 6.07) is 4.96. The van der Waals surface area contributed by atoms with Crippen LogP contribution in [0.1, 0.15) is 44.1 Å². The standard InChI is InChI=1S/C16H27N3/c1-14-9-11-18-16(13-14)17-10-6-12-19(2)15-7-4-3-5-8-15/h9,11,13,15H,3-8,10,12H2,1-2H3,(H,17,18). The van der Waals surface area contributed by atoms with Gasteiger partial charge in [0.25, 0.3) is 0 Å². The Morgan fingerprint density at radius 2 is 2.11 bits per heavy atom. The van der Waals surface area contributed by atoms with Gasteiger partial charge in [0, 0.05) is 18.8 Å². The van der Waals surface area contributed by atoms with Gasteiger partial charge in [0.2, 0.25) is 0 Å². The molecule has 1 aliphatic carbocycles. The third-order valence-electron chi connectivity index (χ3n) is 4.11. The second-order valence-corrected chi connectivity index (χ2v) is 5.77. The zero-order valence-corrected chi connectivity index (χ0v) is 12.4. The number of nitrogens with one attached hydrogen (secondary N) is 1. The highest BCUT2D eigenvalue weighted by molar-refractivity contribution is 5.36. The average Bonchev–Trinajstić information content (AvgIpc) is 2.44. The van der Waals surface area contributed by atoms with Crippen LogP contribution in [0.15, 0.2) is 18.3 Å². The Labute approximate surface area is 117 Å². The number of anilines is 1. The summed E-state index contributed by atoms with van der Waals surface area (Å²) in [6.45, 7) is 4.29. The van der Waals surface area contributed by atoms with E-state index in [9.17, 15) is 0 Å². The van der Waals surface area contributed by atoms with Crippen molar-refractivity contribution in [1.82, 2.24) is 9.88 Å². The van der Waals surface area contributed by atoms with Crippen molar-refractivity contribution in [3.05, 3.63) is 23.9 Å². The van der Waals surface area contributed by atoms with Gasteiger partial charge in [-0.3, -0.25) is 0 Å². The molecule has 19 heavy (non-hydrogen) atoms. The molecular formula is C16H27N3. The van der Waals surface area contributed by atoms with Gasteiger partial charge < -0.3 is 10.2 Å². The molecule has 0 saturated heterocycles. The first kappa shape index (κ1) is 14.3. The summed E-state index contributed by atoms with van der Waals surface area (Å²) in [4.78, 5) is 6.87. The minimum absolute atomic E-state index is 0.825. The number of aryl methyl sites for hydroxylation is 1. The van der Waals surface area contributed by atoms with Crippen molar-refractivity contribution in [2.75, 3.05) is 25.5 Å². The number of rotatable bonds is 6. The Morgan fingerprint density at radius 1 is 1.32 bits per heavy atom. The topological polar surface area (TPSA) is 28.2 Å². The highest BCUT2D eigenvalue weighted by Crippen LogP contribution is 2.21. The van der Waals surface area contributed by atoms with E-state index in [1.165, 1.54) is 50.6 Å². The van der Waals surface area contributed by atoms with Crippen molar-refractivity contribution >= 4 is 5.82 Å². The summed E-state index contributed by atoms with van der Waals surface area (Å²) in [5.41, 5.74) is 1.26. The molecular weight excluding hydrogens is 234 g/mol. The first-order valence-electron chi connectivity index (χ1n) is 7.62. The molecule has 0 atom stereocenters. The first-order valence-corrected chi connectivity index (χ1v) is 7.62. The van der Waals surface area contributed by atoms with Crippen molar-refractivity contribution in [2.24, 2.45) is 0 Å². The van der Waals surface area contributed by atoms with Gasteiger partial charge in [-0.1, -0.05) is 19.3 Å². The number of nitrogens with zero attached hydrogens (tertiary/aromatic N) is 2. The second kappa shape index (κ2) is 7.49. The SMILES string of the molecule is Cc1ccnc(NCCCN(C)C2CCCCC2)c1. The van der Waals surface area contributed by atoms with Crippen LogP contribution in [0, 0.1) is 6.92 Å². The quantitative estimate of drug-likeness (QED) is 0.795. The molecule has 0 spiro atoms. The van der Waals surface area contributed by atoms with Crippen molar-refractivity contribution in [3.63, 3.8) is 0 Å². The van der Waals surface area contributed by atoms with Gasteiger partial charge in [-0.15, -0.1) is 0 Å². The first-order chi connectivity index (χ1) is 9.25. The second-order valence-electron chi connectivity index (χ2n) is 5.77. The maximum atomic E-state index is 4.32. The highest BCUT2D eigenvalue weighted by atomic mass is 15.1. The van der Waals surface area contributed by atoms with Crippen LogP contribution in [-0.2, 0) is 0 Å². The summed E-state index contributed by atoms with van der Waals surface area (Å²) in [5, 5.41) is 3.41. The summed E-state index contributed by atoms with van der Waals surface area (Å²) in [5.74, 6) is 1.00. The average molecular weight is 261 g/mol. The van der Waals surface area contributed by atoms with E-state index in [1.54, 1.807) is 0 Å². The molecule has 0 aliphatic heterocycles. The van der Waals surface area contributed by atoms with Gasteiger partial charge in [0.1, 0.15) is 5.82 Å². The maximum absolute atomic E-state index is 4.32. The highest BCUT2D eigenvalue weighted by Gasteiger charge is 2.17. The largest absolute Gasteiger partial charge is 0.370 e. The zero-order chi connectivity index (χ0) is 13.5. The number of hydrogen-bond donors (Lipinski definition) is 1. The Kier molecular flexibility index (Phi) is 5.64. The fourth-order valence-electron chi connectivity index (χ4n) is 2.88. The number of aromatic nitrogens is 1. The lowest BCUT2D eigenvalue weighted by atomic mass is 9.94. The summed E-state index contributed by atoms with van der Waals surface area (Å²) in [7, 11) is 2.28. The Morgan fingerprint density at radius 3 is 2.84 bits per heavy atom. The van der Waals surface area contributed by atoms with Crippen LogP contribution >= 0.6 is 0 Å². The van der Waals surface area contributed by atoms with E-state index in [0.717, 1.165) is 18.4 Å². The van der Waals surface area contributed by atoms with Crippen LogP contribution in [0.2, 0.25) is 0 Å². The molecule has 3 nitrogen and oxygen atoms in total. The van der Waals surface area contributed by atoms with Crippen LogP contribution in [0.4, 0.5) is 5.82 Å². The third-order valence-corrected chi connectivity index (χ3v) is 4.11. The van der Waals surface area contributed by atoms with E-state index in [0.29, 0.717) is 0 Å². The normalized spacial score (nSPS) is 16.8. The molecule has 0 aromatic carbocycles. The van der Waals surface area contributed by atoms with Crippen LogP contribution in [0.5, 0.6) is 0 Å². The molecule has 1 aromatic rings.